The van der Waals surface area contributed by atoms with Gasteiger partial charge < -0.3 is 14.4 Å². The second-order valence-corrected chi connectivity index (χ2v) is 9.04. The normalized spacial score (nSPS) is 15.2. The number of nitrogens with zero attached hydrogens (tertiary/aromatic N) is 3. The third kappa shape index (κ3) is 8.12. The number of aromatic nitrogens is 2. The van der Waals surface area contributed by atoms with Gasteiger partial charge in [0.15, 0.2) is 5.82 Å². The molecule has 1 saturated carbocycles. The predicted octanol–water partition coefficient (Wildman–Crippen LogP) is 8.41. The fourth-order valence-corrected chi connectivity index (χ4v) is 4.55. The van der Waals surface area contributed by atoms with Crippen LogP contribution >= 0.6 is 11.6 Å². The summed E-state index contributed by atoms with van der Waals surface area (Å²) in [4.78, 5) is 22.6. The molecule has 0 N–H and O–H groups in total. The van der Waals surface area contributed by atoms with Crippen molar-refractivity contribution in [2.24, 2.45) is 0 Å². The molecule has 1 aromatic carbocycles. The molecule has 1 amide bonds. The van der Waals surface area contributed by atoms with Crippen LogP contribution in [0.5, 0.6) is 11.5 Å². The molecule has 9 heteroatoms. The average molecular weight is 562 g/mol. The standard InChI is InChI=1S/C22H20ClF2N3O3.C6H12.C2H6/c1-5-14(24)18(15(25)6-2)21-26-16-11-28(22(29)19(16)20(23)27-21)10-12-7-8-13(30-3)9-17(12)31-4;1-2-4-6-5-3-1;1-2/h5-9H,1,10-11H2,2-4H3;1-6H2;1-2H3/b15-6+,18-14-;;. The lowest BCUT2D eigenvalue weighted by Gasteiger charge is -2.18. The highest BCUT2D eigenvalue weighted by molar-refractivity contribution is 6.33. The maximum absolute atomic E-state index is 14.3. The van der Waals surface area contributed by atoms with Crippen molar-refractivity contribution in [1.82, 2.24) is 14.9 Å². The van der Waals surface area contributed by atoms with Gasteiger partial charge in [-0.05, 0) is 25.1 Å². The molecule has 2 aromatic rings. The van der Waals surface area contributed by atoms with E-state index in [1.54, 1.807) is 25.3 Å². The molecule has 1 fully saturated rings. The Morgan fingerprint density at radius 1 is 1.08 bits per heavy atom. The molecule has 2 aliphatic rings. The monoisotopic (exact) mass is 561 g/mol. The first-order valence-electron chi connectivity index (χ1n) is 13.3. The van der Waals surface area contributed by atoms with Crippen LogP contribution in [0.25, 0.3) is 5.57 Å². The van der Waals surface area contributed by atoms with Crippen LogP contribution < -0.4 is 9.47 Å². The molecule has 0 spiro atoms. The van der Waals surface area contributed by atoms with E-state index in [0.29, 0.717) is 11.5 Å². The van der Waals surface area contributed by atoms with Crippen molar-refractivity contribution in [1.29, 1.82) is 0 Å². The number of halogens is 3. The molecule has 6 nitrogen and oxygen atoms in total. The largest absolute Gasteiger partial charge is 0.497 e. The number of amides is 1. The summed E-state index contributed by atoms with van der Waals surface area (Å²) in [5, 5.41) is -0.174. The minimum absolute atomic E-state index is 0.0963. The number of benzene rings is 1. The summed E-state index contributed by atoms with van der Waals surface area (Å²) in [6, 6.07) is 5.25. The summed E-state index contributed by atoms with van der Waals surface area (Å²) < 4.78 is 39.1. The van der Waals surface area contributed by atoms with E-state index in [0.717, 1.165) is 17.7 Å². The van der Waals surface area contributed by atoms with Crippen molar-refractivity contribution in [2.75, 3.05) is 14.2 Å². The number of ether oxygens (including phenoxy) is 2. The van der Waals surface area contributed by atoms with Gasteiger partial charge in [-0.3, -0.25) is 4.79 Å². The molecule has 1 aromatic heterocycles. The predicted molar refractivity (Wildman–Crippen MR) is 152 cm³/mol. The van der Waals surface area contributed by atoms with Crippen molar-refractivity contribution in [3.8, 4) is 11.5 Å². The third-order valence-corrected chi connectivity index (χ3v) is 6.54. The van der Waals surface area contributed by atoms with Gasteiger partial charge in [0, 0.05) is 11.6 Å². The van der Waals surface area contributed by atoms with Crippen molar-refractivity contribution in [3.63, 3.8) is 0 Å². The average Bonchev–Trinajstić information content (AvgIpc) is 3.30. The highest BCUT2D eigenvalue weighted by Crippen LogP contribution is 2.34. The van der Waals surface area contributed by atoms with Crippen LogP contribution in [0.2, 0.25) is 5.15 Å². The minimum Gasteiger partial charge on any atom is -0.497 e. The molecular formula is C30H38ClF2N3O3. The van der Waals surface area contributed by atoms with E-state index in [1.165, 1.54) is 57.5 Å². The van der Waals surface area contributed by atoms with Crippen molar-refractivity contribution >= 4 is 23.1 Å². The first-order chi connectivity index (χ1) is 18.8. The van der Waals surface area contributed by atoms with Gasteiger partial charge in [-0.1, -0.05) is 76.6 Å². The Bertz CT molecular complexity index is 1200. The number of hydrogen-bond donors (Lipinski definition) is 0. The highest BCUT2D eigenvalue weighted by atomic mass is 35.5. The van der Waals surface area contributed by atoms with E-state index in [4.69, 9.17) is 21.1 Å². The second kappa shape index (κ2) is 16.0. The van der Waals surface area contributed by atoms with Gasteiger partial charge in [0.25, 0.3) is 5.91 Å². The van der Waals surface area contributed by atoms with E-state index < -0.39 is 17.2 Å². The molecule has 0 saturated heterocycles. The van der Waals surface area contributed by atoms with Crippen LogP contribution in [0.1, 0.15) is 86.7 Å². The molecule has 4 rings (SSSR count). The Hall–Kier alpha value is -3.26. The molecule has 0 atom stereocenters. The zero-order chi connectivity index (χ0) is 28.9. The van der Waals surface area contributed by atoms with E-state index in [9.17, 15) is 13.6 Å². The van der Waals surface area contributed by atoms with Gasteiger partial charge in [-0.25, -0.2) is 18.7 Å². The van der Waals surface area contributed by atoms with Crippen LogP contribution in [-0.2, 0) is 13.1 Å². The van der Waals surface area contributed by atoms with Gasteiger partial charge in [-0.2, -0.15) is 0 Å². The SMILES string of the molecule is C1CCCCC1.C=C/C(F)=C(\C(F)=C/C)c1nc(Cl)c2c(n1)CN(Cc1ccc(OC)cc1OC)C2=O.CC. The number of methoxy groups -OCH3 is 2. The van der Waals surface area contributed by atoms with Crippen LogP contribution in [-0.4, -0.2) is 35.0 Å². The number of carbonyl (C=O) groups excluding carboxylic acids is 1. The number of fused-ring (bicyclic) bond motifs is 1. The first-order valence-corrected chi connectivity index (χ1v) is 13.6. The van der Waals surface area contributed by atoms with Gasteiger partial charge in [0.1, 0.15) is 33.9 Å². The Labute approximate surface area is 235 Å². The number of carbonyl (C=O) groups is 1. The zero-order valence-electron chi connectivity index (χ0n) is 23.5. The summed E-state index contributed by atoms with van der Waals surface area (Å²) in [7, 11) is 3.06. The van der Waals surface area contributed by atoms with Gasteiger partial charge in [0.05, 0.1) is 38.6 Å². The van der Waals surface area contributed by atoms with Crippen molar-refractivity contribution < 1.29 is 23.0 Å². The fraction of sp³-hybridized carbons (Fsp3) is 0.433. The third-order valence-electron chi connectivity index (χ3n) is 6.27. The summed E-state index contributed by atoms with van der Waals surface area (Å²) >= 11 is 6.22. The lowest BCUT2D eigenvalue weighted by molar-refractivity contribution is 0.0765. The fourth-order valence-electron chi connectivity index (χ4n) is 4.28. The van der Waals surface area contributed by atoms with E-state index in [-0.39, 0.29) is 41.2 Å². The number of rotatable bonds is 7. The summed E-state index contributed by atoms with van der Waals surface area (Å²) in [6.07, 6.45) is 10.9. The van der Waals surface area contributed by atoms with Crippen molar-refractivity contribution in [2.45, 2.75) is 72.4 Å². The lowest BCUT2D eigenvalue weighted by atomic mass is 10.0. The highest BCUT2D eigenvalue weighted by Gasteiger charge is 2.34. The summed E-state index contributed by atoms with van der Waals surface area (Å²) in [6.45, 7) is 9.04. The van der Waals surface area contributed by atoms with Crippen LogP contribution in [0.15, 0.2) is 48.6 Å². The lowest BCUT2D eigenvalue weighted by Crippen LogP contribution is -2.23. The molecule has 0 bridgehead atoms. The quantitative estimate of drug-likeness (QED) is 0.251. The van der Waals surface area contributed by atoms with E-state index in [1.807, 2.05) is 13.8 Å². The van der Waals surface area contributed by atoms with E-state index >= 15 is 0 Å². The molecule has 1 aliphatic heterocycles. The number of hydrogen-bond acceptors (Lipinski definition) is 5. The smallest absolute Gasteiger partial charge is 0.259 e. The van der Waals surface area contributed by atoms with Crippen LogP contribution in [0.3, 0.4) is 0 Å². The Morgan fingerprint density at radius 3 is 2.21 bits per heavy atom. The molecular weight excluding hydrogens is 524 g/mol. The Kier molecular flexibility index (Phi) is 13.1. The minimum atomic E-state index is -0.934. The molecule has 0 radical (unpaired) electrons. The van der Waals surface area contributed by atoms with E-state index in [2.05, 4.69) is 16.5 Å². The molecule has 39 heavy (non-hydrogen) atoms. The maximum atomic E-state index is 14.3. The van der Waals surface area contributed by atoms with Crippen LogP contribution in [0.4, 0.5) is 8.78 Å². The topological polar surface area (TPSA) is 64.6 Å². The molecule has 1 aliphatic carbocycles. The summed E-state index contributed by atoms with van der Waals surface area (Å²) in [5.41, 5.74) is 0.666. The van der Waals surface area contributed by atoms with Gasteiger partial charge in [0.2, 0.25) is 0 Å². The van der Waals surface area contributed by atoms with Gasteiger partial charge in [-0.15, -0.1) is 0 Å². The number of allylic oxidation sites excluding steroid dienone is 5. The van der Waals surface area contributed by atoms with Gasteiger partial charge >= 0.3 is 0 Å². The summed E-state index contributed by atoms with van der Waals surface area (Å²) in [5.74, 6) is -1.27. The van der Waals surface area contributed by atoms with Crippen molar-refractivity contribution in [3.05, 3.63) is 76.4 Å². The van der Waals surface area contributed by atoms with Crippen LogP contribution in [0, 0.1) is 0 Å². The molecule has 2 heterocycles. The Balaban J connectivity index is 0.000000578. The molecule has 0 unspecified atom stereocenters. The molecule has 212 valence electrons. The second-order valence-electron chi connectivity index (χ2n) is 8.68. The maximum Gasteiger partial charge on any atom is 0.259 e. The zero-order valence-corrected chi connectivity index (χ0v) is 24.2. The Morgan fingerprint density at radius 2 is 1.69 bits per heavy atom. The first kappa shape index (κ1) is 32.0.